The normalized spacial score (nSPS) is 10.9. The molecule has 0 fully saturated rings. The van der Waals surface area contributed by atoms with Gasteiger partial charge in [-0.2, -0.15) is 0 Å². The van der Waals surface area contributed by atoms with E-state index in [0.29, 0.717) is 18.8 Å². The molecule has 0 saturated heterocycles. The molecule has 0 spiro atoms. The van der Waals surface area contributed by atoms with Crippen molar-refractivity contribution in [2.45, 2.75) is 33.1 Å². The quantitative estimate of drug-likeness (QED) is 0.568. The fourth-order valence-corrected chi connectivity index (χ4v) is 2.88. The van der Waals surface area contributed by atoms with Crippen LogP contribution in [0.15, 0.2) is 36.7 Å². The smallest absolute Gasteiger partial charge is 0.167 e. The molecule has 3 aromatic rings. The van der Waals surface area contributed by atoms with Crippen LogP contribution < -0.4 is 9.47 Å². The number of hydrogen-bond acceptors (Lipinski definition) is 4. The number of fused-ring (bicyclic) bond motifs is 1. The zero-order valence-corrected chi connectivity index (χ0v) is 15.5. The van der Waals surface area contributed by atoms with E-state index < -0.39 is 5.82 Å². The van der Waals surface area contributed by atoms with Crippen molar-refractivity contribution in [3.05, 3.63) is 53.7 Å². The molecule has 142 valence electrons. The third kappa shape index (κ3) is 5.06. The molecule has 0 atom stereocenters. The van der Waals surface area contributed by atoms with Gasteiger partial charge in [-0.1, -0.05) is 0 Å². The van der Waals surface area contributed by atoms with Crippen molar-refractivity contribution in [2.24, 2.45) is 0 Å². The van der Waals surface area contributed by atoms with E-state index in [-0.39, 0.29) is 18.1 Å². The molecule has 0 aliphatic heterocycles. The van der Waals surface area contributed by atoms with Gasteiger partial charge >= 0.3 is 0 Å². The van der Waals surface area contributed by atoms with Crippen LogP contribution in [0.3, 0.4) is 0 Å². The van der Waals surface area contributed by atoms with Gasteiger partial charge in [0.05, 0.1) is 6.20 Å². The number of carbonyl (C=O) groups excluding carboxylic acids is 1. The molecule has 0 unspecified atom stereocenters. The highest BCUT2D eigenvalue weighted by molar-refractivity contribution is 5.85. The van der Waals surface area contributed by atoms with Crippen molar-refractivity contribution in [2.75, 3.05) is 13.2 Å². The van der Waals surface area contributed by atoms with Gasteiger partial charge in [0, 0.05) is 35.3 Å². The number of nitrogens with one attached hydrogen (secondary N) is 1. The maximum Gasteiger partial charge on any atom is 0.167 e. The summed E-state index contributed by atoms with van der Waals surface area (Å²) in [5.74, 6) is 0.601. The summed E-state index contributed by atoms with van der Waals surface area (Å²) < 4.78 is 25.4. The van der Waals surface area contributed by atoms with Crippen molar-refractivity contribution in [1.82, 2.24) is 9.97 Å². The van der Waals surface area contributed by atoms with Gasteiger partial charge in [-0.05, 0) is 50.5 Å². The highest BCUT2D eigenvalue weighted by Gasteiger charge is 2.11. The first-order valence-electron chi connectivity index (χ1n) is 9.00. The van der Waals surface area contributed by atoms with E-state index in [2.05, 4.69) is 9.97 Å². The molecule has 1 N–H and O–H groups in total. The number of ketones is 1. The summed E-state index contributed by atoms with van der Waals surface area (Å²) in [6, 6.07) is 6.84. The number of aryl methyl sites for hydroxylation is 2. The van der Waals surface area contributed by atoms with E-state index in [1.165, 1.54) is 6.07 Å². The van der Waals surface area contributed by atoms with E-state index in [4.69, 9.17) is 9.47 Å². The van der Waals surface area contributed by atoms with Crippen LogP contribution in [0.4, 0.5) is 4.39 Å². The summed E-state index contributed by atoms with van der Waals surface area (Å²) in [5, 5.41) is 0.915. The van der Waals surface area contributed by atoms with Gasteiger partial charge in [0.15, 0.2) is 11.6 Å². The fourth-order valence-electron chi connectivity index (χ4n) is 2.88. The second-order valence-corrected chi connectivity index (χ2v) is 6.53. The maximum atomic E-state index is 14.2. The lowest BCUT2D eigenvalue weighted by molar-refractivity contribution is -0.117. The van der Waals surface area contributed by atoms with Crippen LogP contribution in [-0.2, 0) is 11.2 Å². The minimum atomic E-state index is -0.420. The topological polar surface area (TPSA) is 64.2 Å². The standard InChI is InChI=1S/C21H23FN2O3/c1-14-6-7-17(13-23-14)26-8-9-27-21-10-18-16(5-3-4-15(2)25)12-24-20(18)11-19(21)22/h6-7,10-13,24H,3-5,8-9H2,1-2H3. The van der Waals surface area contributed by atoms with Gasteiger partial charge in [-0.3, -0.25) is 4.98 Å². The Kier molecular flexibility index (Phi) is 6.06. The van der Waals surface area contributed by atoms with Crippen LogP contribution in [0.5, 0.6) is 11.5 Å². The van der Waals surface area contributed by atoms with Crippen LogP contribution in [-0.4, -0.2) is 29.0 Å². The van der Waals surface area contributed by atoms with E-state index in [9.17, 15) is 9.18 Å². The van der Waals surface area contributed by atoms with Gasteiger partial charge in [0.1, 0.15) is 24.7 Å². The van der Waals surface area contributed by atoms with E-state index in [1.54, 1.807) is 19.2 Å². The fraction of sp³-hybridized carbons (Fsp3) is 0.333. The van der Waals surface area contributed by atoms with Gasteiger partial charge in [0.2, 0.25) is 0 Å². The van der Waals surface area contributed by atoms with Crippen molar-refractivity contribution in [1.29, 1.82) is 0 Å². The number of ether oxygens (including phenoxy) is 2. The summed E-state index contributed by atoms with van der Waals surface area (Å²) in [6.07, 6.45) is 5.58. The van der Waals surface area contributed by atoms with Crippen molar-refractivity contribution in [3.8, 4) is 11.5 Å². The van der Waals surface area contributed by atoms with E-state index in [0.717, 1.165) is 35.0 Å². The van der Waals surface area contributed by atoms with Crippen molar-refractivity contribution >= 4 is 16.7 Å². The first-order chi connectivity index (χ1) is 13.0. The minimum absolute atomic E-state index is 0.175. The highest BCUT2D eigenvalue weighted by atomic mass is 19.1. The third-order valence-corrected chi connectivity index (χ3v) is 4.29. The average molecular weight is 370 g/mol. The molecule has 0 bridgehead atoms. The lowest BCUT2D eigenvalue weighted by Crippen LogP contribution is -2.10. The number of nitrogens with zero attached hydrogens (tertiary/aromatic N) is 1. The number of Topliss-reactive ketones (excluding diaryl/α,β-unsaturated/α-hetero) is 1. The summed E-state index contributed by atoms with van der Waals surface area (Å²) in [6.45, 7) is 4.01. The number of H-pyrrole nitrogens is 1. The van der Waals surface area contributed by atoms with Crippen LogP contribution >= 0.6 is 0 Å². The Morgan fingerprint density at radius 2 is 2.04 bits per heavy atom. The van der Waals surface area contributed by atoms with Crippen molar-refractivity contribution in [3.63, 3.8) is 0 Å². The molecule has 3 rings (SSSR count). The van der Waals surface area contributed by atoms with Gasteiger partial charge in [-0.25, -0.2) is 4.39 Å². The zero-order chi connectivity index (χ0) is 19.2. The minimum Gasteiger partial charge on any atom is -0.488 e. The largest absolute Gasteiger partial charge is 0.488 e. The van der Waals surface area contributed by atoms with Crippen LogP contribution in [0.25, 0.3) is 10.9 Å². The molecule has 2 heterocycles. The molecule has 27 heavy (non-hydrogen) atoms. The van der Waals surface area contributed by atoms with Gasteiger partial charge in [0.25, 0.3) is 0 Å². The zero-order valence-electron chi connectivity index (χ0n) is 15.5. The Labute approximate surface area is 157 Å². The number of carbonyl (C=O) groups is 1. The Morgan fingerprint density at radius 1 is 1.22 bits per heavy atom. The first kappa shape index (κ1) is 18.9. The Hall–Kier alpha value is -2.89. The summed E-state index contributed by atoms with van der Waals surface area (Å²) >= 11 is 0. The van der Waals surface area contributed by atoms with Gasteiger partial charge < -0.3 is 19.3 Å². The Bertz CT molecular complexity index is 919. The van der Waals surface area contributed by atoms with E-state index in [1.807, 2.05) is 25.3 Å². The number of aromatic nitrogens is 2. The number of halogens is 1. The lowest BCUT2D eigenvalue weighted by atomic mass is 10.1. The SMILES string of the molecule is CC(=O)CCCc1c[nH]c2cc(F)c(OCCOc3ccc(C)nc3)cc12. The second kappa shape index (κ2) is 8.66. The van der Waals surface area contributed by atoms with Gasteiger partial charge in [-0.15, -0.1) is 0 Å². The molecule has 0 saturated carbocycles. The van der Waals surface area contributed by atoms with Crippen molar-refractivity contribution < 1.29 is 18.7 Å². The maximum absolute atomic E-state index is 14.2. The summed E-state index contributed by atoms with van der Waals surface area (Å²) in [7, 11) is 0. The number of rotatable bonds is 9. The molecule has 5 nitrogen and oxygen atoms in total. The Morgan fingerprint density at radius 3 is 2.78 bits per heavy atom. The molecule has 1 aromatic carbocycles. The first-order valence-corrected chi connectivity index (χ1v) is 9.00. The molecular formula is C21H23FN2O3. The Balaban J connectivity index is 1.60. The lowest BCUT2D eigenvalue weighted by Gasteiger charge is -2.10. The molecule has 2 aromatic heterocycles. The number of pyridine rings is 1. The highest BCUT2D eigenvalue weighted by Crippen LogP contribution is 2.28. The number of hydrogen-bond donors (Lipinski definition) is 1. The average Bonchev–Trinajstić information content (AvgIpc) is 3.01. The monoisotopic (exact) mass is 370 g/mol. The molecule has 0 aliphatic rings. The number of aromatic amines is 1. The van der Waals surface area contributed by atoms with Crippen LogP contribution in [0.2, 0.25) is 0 Å². The molecule has 6 heteroatoms. The number of benzene rings is 1. The summed E-state index contributed by atoms with van der Waals surface area (Å²) in [5.41, 5.74) is 2.69. The molecule has 0 amide bonds. The van der Waals surface area contributed by atoms with E-state index >= 15 is 0 Å². The van der Waals surface area contributed by atoms with Crippen LogP contribution in [0.1, 0.15) is 31.0 Å². The second-order valence-electron chi connectivity index (χ2n) is 6.53. The van der Waals surface area contributed by atoms with Crippen LogP contribution in [0, 0.1) is 12.7 Å². The third-order valence-electron chi connectivity index (χ3n) is 4.29. The predicted molar refractivity (Wildman–Crippen MR) is 102 cm³/mol. The predicted octanol–water partition coefficient (Wildman–Crippen LogP) is 4.38. The molecule has 0 aliphatic carbocycles. The molecule has 0 radical (unpaired) electrons. The summed E-state index contributed by atoms with van der Waals surface area (Å²) in [4.78, 5) is 18.3. The molecular weight excluding hydrogens is 347 g/mol.